The molecule has 2 heterocycles. The lowest BCUT2D eigenvalue weighted by molar-refractivity contribution is -0.113. The second kappa shape index (κ2) is 13.5. The van der Waals surface area contributed by atoms with Crippen LogP contribution in [0.4, 0.5) is 0 Å². The molecule has 1 atom stereocenters. The first-order valence-corrected chi connectivity index (χ1v) is 13.4. The number of thioether (sulfide) groups is 1. The molecule has 0 spiro atoms. The Balaban J connectivity index is 1.49. The van der Waals surface area contributed by atoms with E-state index in [2.05, 4.69) is 4.90 Å². The van der Waals surface area contributed by atoms with E-state index in [0.717, 1.165) is 49.7 Å². The number of hydrogen-bond donors (Lipinski definition) is 2. The maximum Gasteiger partial charge on any atom is 0.183 e. The Kier molecular flexibility index (Phi) is 9.80. The number of carbonyl (C=O) groups excluding carboxylic acids is 1. The highest BCUT2D eigenvalue weighted by Crippen LogP contribution is 2.40. The third-order valence-corrected chi connectivity index (χ3v) is 7.46. The van der Waals surface area contributed by atoms with Gasteiger partial charge in [0, 0.05) is 43.4 Å². The zero-order valence-electron chi connectivity index (χ0n) is 21.6. The van der Waals surface area contributed by atoms with Crippen molar-refractivity contribution in [2.24, 2.45) is 9.98 Å². The third kappa shape index (κ3) is 7.59. The molecule has 10 heteroatoms. The number of ether oxygens (including phenoxy) is 3. The largest absolute Gasteiger partial charge is 0.504 e. The number of phenolic OH excluding ortho intramolecular Hbond substituents is 2. The lowest BCUT2D eigenvalue weighted by Crippen LogP contribution is -2.37. The van der Waals surface area contributed by atoms with E-state index in [9.17, 15) is 15.0 Å². The summed E-state index contributed by atoms with van der Waals surface area (Å²) in [4.78, 5) is 24.7. The van der Waals surface area contributed by atoms with Gasteiger partial charge in [-0.15, -0.1) is 0 Å². The molecule has 0 aromatic heterocycles. The number of carbonyl (C=O) groups is 1. The molecule has 4 rings (SSSR count). The van der Waals surface area contributed by atoms with Crippen molar-refractivity contribution in [3.05, 3.63) is 53.6 Å². The molecule has 0 aliphatic carbocycles. The monoisotopic (exact) mass is 539 g/mol. The summed E-state index contributed by atoms with van der Waals surface area (Å²) in [6.45, 7) is 4.72. The number of phenols is 2. The number of ketones is 1. The van der Waals surface area contributed by atoms with Crippen molar-refractivity contribution >= 4 is 34.5 Å². The maximum atomic E-state index is 12.9. The summed E-state index contributed by atoms with van der Waals surface area (Å²) >= 11 is 1.56. The van der Waals surface area contributed by atoms with Gasteiger partial charge < -0.3 is 24.4 Å². The van der Waals surface area contributed by atoms with E-state index in [1.54, 1.807) is 36.0 Å². The van der Waals surface area contributed by atoms with E-state index >= 15 is 0 Å². The molecule has 1 saturated heterocycles. The van der Waals surface area contributed by atoms with E-state index in [1.165, 1.54) is 26.4 Å². The molecular formula is C28H33N3O6S. The van der Waals surface area contributed by atoms with Gasteiger partial charge in [0.05, 0.1) is 34.0 Å². The maximum absolute atomic E-state index is 12.9. The Labute approximate surface area is 226 Å². The third-order valence-electron chi connectivity index (χ3n) is 6.31. The molecule has 2 aromatic carbocycles. The topological polar surface area (TPSA) is 113 Å². The van der Waals surface area contributed by atoms with E-state index in [4.69, 9.17) is 24.2 Å². The summed E-state index contributed by atoms with van der Waals surface area (Å²) in [5.41, 5.74) is 2.47. The van der Waals surface area contributed by atoms with Gasteiger partial charge >= 0.3 is 0 Å². The van der Waals surface area contributed by atoms with Gasteiger partial charge in [0.1, 0.15) is 0 Å². The Morgan fingerprint density at radius 3 is 2.58 bits per heavy atom. The minimum atomic E-state index is -0.0857. The number of allylic oxidation sites excluding steroid dienone is 1. The molecule has 9 nitrogen and oxygen atoms in total. The highest BCUT2D eigenvalue weighted by Gasteiger charge is 2.25. The summed E-state index contributed by atoms with van der Waals surface area (Å²) in [6.07, 6.45) is 3.96. The number of hydrogen-bond acceptors (Lipinski definition) is 9. The van der Waals surface area contributed by atoms with Gasteiger partial charge in [-0.1, -0.05) is 30.0 Å². The van der Waals surface area contributed by atoms with Crippen LogP contribution in [0.15, 0.2) is 52.5 Å². The Hall–Kier alpha value is -3.34. The number of rotatable bonds is 10. The van der Waals surface area contributed by atoms with Crippen LogP contribution in [-0.4, -0.2) is 85.4 Å². The fourth-order valence-electron chi connectivity index (χ4n) is 4.21. The second-order valence-corrected chi connectivity index (χ2v) is 10.1. The summed E-state index contributed by atoms with van der Waals surface area (Å²) < 4.78 is 15.9. The van der Waals surface area contributed by atoms with Crippen LogP contribution in [0.1, 0.15) is 29.2 Å². The Bertz CT molecular complexity index is 1220. The van der Waals surface area contributed by atoms with E-state index in [0.29, 0.717) is 29.6 Å². The van der Waals surface area contributed by atoms with E-state index < -0.39 is 0 Å². The molecule has 1 unspecified atom stereocenters. The predicted molar refractivity (Wildman–Crippen MR) is 150 cm³/mol. The molecule has 202 valence electrons. The fraction of sp³-hybridized carbons (Fsp3) is 0.393. The molecular weight excluding hydrogens is 506 g/mol. The van der Waals surface area contributed by atoms with E-state index in [-0.39, 0.29) is 29.0 Å². The van der Waals surface area contributed by atoms with Gasteiger partial charge in [-0.3, -0.25) is 14.7 Å². The number of aliphatic imine (C=N–C) groups is 2. The van der Waals surface area contributed by atoms with Crippen LogP contribution in [0, 0.1) is 0 Å². The van der Waals surface area contributed by atoms with Crippen LogP contribution in [0.2, 0.25) is 0 Å². The summed E-state index contributed by atoms with van der Waals surface area (Å²) in [7, 11) is 3.00. The summed E-state index contributed by atoms with van der Waals surface area (Å²) in [5, 5.41) is 20.4. The van der Waals surface area contributed by atoms with Crippen molar-refractivity contribution < 1.29 is 29.2 Å². The van der Waals surface area contributed by atoms with Gasteiger partial charge in [0.25, 0.3) is 0 Å². The zero-order valence-corrected chi connectivity index (χ0v) is 22.4. The van der Waals surface area contributed by atoms with Gasteiger partial charge in [-0.05, 0) is 41.5 Å². The molecule has 1 fully saturated rings. The van der Waals surface area contributed by atoms with Crippen LogP contribution in [0.3, 0.4) is 0 Å². The minimum absolute atomic E-state index is 0.0164. The molecule has 2 N–H and O–H groups in total. The zero-order chi connectivity index (χ0) is 26.9. The van der Waals surface area contributed by atoms with Gasteiger partial charge in [-0.2, -0.15) is 0 Å². The highest BCUT2D eigenvalue weighted by atomic mass is 32.2. The Morgan fingerprint density at radius 2 is 1.84 bits per heavy atom. The molecule has 38 heavy (non-hydrogen) atoms. The summed E-state index contributed by atoms with van der Waals surface area (Å²) in [6, 6.07) is 10.2. The first-order valence-electron chi connectivity index (χ1n) is 12.5. The standard InChI is InChI=1S/C28H33N3O6S/c1-35-25-15-19(4-7-23(25)33)3-6-22(32)17-21-18-27(20-5-8-24(34)26(16-20)36-2)38-28(30-21)29-9-10-31-11-13-37-14-12-31/h3-8,15-16,27,33-34H,9-14,17-18H2,1-2H3/b6-3+,29-28?. The first kappa shape index (κ1) is 27.7. The molecule has 0 bridgehead atoms. The lowest BCUT2D eigenvalue weighted by Gasteiger charge is -2.26. The highest BCUT2D eigenvalue weighted by molar-refractivity contribution is 8.14. The van der Waals surface area contributed by atoms with Crippen molar-refractivity contribution in [1.29, 1.82) is 0 Å². The molecule has 2 aliphatic rings. The number of morpholine rings is 1. The normalized spacial score (nSPS) is 19.5. The number of nitrogens with zero attached hydrogens (tertiary/aromatic N) is 3. The molecule has 0 saturated carbocycles. The van der Waals surface area contributed by atoms with Crippen molar-refractivity contribution in [1.82, 2.24) is 4.90 Å². The Morgan fingerprint density at radius 1 is 1.13 bits per heavy atom. The minimum Gasteiger partial charge on any atom is -0.504 e. The van der Waals surface area contributed by atoms with Crippen LogP contribution >= 0.6 is 11.8 Å². The van der Waals surface area contributed by atoms with E-state index in [1.807, 2.05) is 12.1 Å². The molecule has 2 aliphatic heterocycles. The average Bonchev–Trinajstić information content (AvgIpc) is 2.93. The fourth-order valence-corrected chi connectivity index (χ4v) is 5.37. The van der Waals surface area contributed by atoms with Crippen LogP contribution in [-0.2, 0) is 9.53 Å². The first-order chi connectivity index (χ1) is 18.4. The second-order valence-electron chi connectivity index (χ2n) is 8.95. The van der Waals surface area contributed by atoms with Gasteiger partial charge in [-0.25, -0.2) is 4.99 Å². The van der Waals surface area contributed by atoms with Crippen LogP contribution in [0.25, 0.3) is 6.08 Å². The molecule has 0 amide bonds. The van der Waals surface area contributed by atoms with Crippen LogP contribution < -0.4 is 9.47 Å². The smallest absolute Gasteiger partial charge is 0.183 e. The lowest BCUT2D eigenvalue weighted by atomic mass is 10.0. The molecule has 0 radical (unpaired) electrons. The average molecular weight is 540 g/mol. The number of benzene rings is 2. The van der Waals surface area contributed by atoms with Gasteiger partial charge in [0.15, 0.2) is 33.9 Å². The van der Waals surface area contributed by atoms with Crippen molar-refractivity contribution in [3.8, 4) is 23.0 Å². The van der Waals surface area contributed by atoms with Crippen molar-refractivity contribution in [2.75, 3.05) is 53.6 Å². The predicted octanol–water partition coefficient (Wildman–Crippen LogP) is 4.09. The van der Waals surface area contributed by atoms with Crippen molar-refractivity contribution in [2.45, 2.75) is 18.1 Å². The number of amidine groups is 1. The number of methoxy groups -OCH3 is 2. The quantitative estimate of drug-likeness (QED) is 0.434. The van der Waals surface area contributed by atoms with Crippen LogP contribution in [0.5, 0.6) is 23.0 Å². The SMILES string of the molecule is COc1cc(/C=C/C(=O)CC2=NC(=NCCN3CCOCC3)SC(c3ccc(O)c(OC)c3)C2)ccc1O. The van der Waals surface area contributed by atoms with Gasteiger partial charge in [0.2, 0.25) is 0 Å². The number of aromatic hydroxyl groups is 2. The molecule has 2 aromatic rings. The van der Waals surface area contributed by atoms with Crippen molar-refractivity contribution in [3.63, 3.8) is 0 Å². The summed E-state index contributed by atoms with van der Waals surface area (Å²) in [5.74, 6) is 0.788.